The Kier molecular flexibility index (Phi) is 4.55. The molecule has 0 atom stereocenters. The van der Waals surface area contributed by atoms with Crippen LogP contribution in [0, 0.1) is 6.92 Å². The summed E-state index contributed by atoms with van der Waals surface area (Å²) in [5, 5.41) is 9.84. The highest BCUT2D eigenvalue weighted by molar-refractivity contribution is 9.10. The van der Waals surface area contributed by atoms with Crippen LogP contribution in [-0.2, 0) is 22.9 Å². The molecule has 2 aromatic rings. The molecule has 0 fully saturated rings. The summed E-state index contributed by atoms with van der Waals surface area (Å²) in [5.74, 6) is 0. The minimum absolute atomic E-state index is 0.162. The van der Waals surface area contributed by atoms with E-state index in [0.717, 1.165) is 15.7 Å². The van der Waals surface area contributed by atoms with E-state index < -0.39 is 10.0 Å². The molecule has 2 rings (SSSR count). The summed E-state index contributed by atoms with van der Waals surface area (Å²) in [6, 6.07) is 5.79. The maximum absolute atomic E-state index is 11.9. The van der Waals surface area contributed by atoms with Gasteiger partial charge in [0.2, 0.25) is 10.0 Å². The van der Waals surface area contributed by atoms with Crippen molar-refractivity contribution in [1.82, 2.24) is 9.78 Å². The summed E-state index contributed by atoms with van der Waals surface area (Å²) in [6.07, 6.45) is 1.05. The molecule has 0 unspecified atom stereocenters. The number of aromatic nitrogens is 2. The van der Waals surface area contributed by atoms with Crippen molar-refractivity contribution in [2.75, 3.05) is 0 Å². The topological polar surface area (TPSA) is 78.0 Å². The number of rotatable bonds is 4. The average Bonchev–Trinajstić information content (AvgIpc) is 2.77. The Morgan fingerprint density at radius 3 is 2.43 bits per heavy atom. The SMILES string of the molecule is CCc1nn(-c2ccc(Br)cc2C)c(CC)c1S(N)(=O)=O. The van der Waals surface area contributed by atoms with Crippen molar-refractivity contribution in [3.8, 4) is 5.69 Å². The van der Waals surface area contributed by atoms with E-state index in [1.54, 1.807) is 4.68 Å². The molecule has 1 heterocycles. The molecule has 0 bridgehead atoms. The molecular formula is C14H18BrN3O2S. The highest BCUT2D eigenvalue weighted by Gasteiger charge is 2.25. The number of hydrogen-bond acceptors (Lipinski definition) is 3. The third-order valence-corrected chi connectivity index (χ3v) is 4.88. The number of halogens is 1. The van der Waals surface area contributed by atoms with Gasteiger partial charge >= 0.3 is 0 Å². The number of primary sulfonamides is 1. The molecule has 0 radical (unpaired) electrons. The van der Waals surface area contributed by atoms with E-state index in [1.165, 1.54) is 0 Å². The predicted octanol–water partition coefficient (Wildman–Crippen LogP) is 2.72. The maximum atomic E-state index is 11.9. The molecule has 0 saturated carbocycles. The van der Waals surface area contributed by atoms with E-state index >= 15 is 0 Å². The van der Waals surface area contributed by atoms with Gasteiger partial charge in [0.1, 0.15) is 4.90 Å². The van der Waals surface area contributed by atoms with Crippen LogP contribution in [0.25, 0.3) is 5.69 Å². The fourth-order valence-electron chi connectivity index (χ4n) is 2.42. The Bertz CT molecular complexity index is 782. The number of hydrogen-bond donors (Lipinski definition) is 1. The minimum Gasteiger partial charge on any atom is -0.236 e. The summed E-state index contributed by atoms with van der Waals surface area (Å²) in [5.41, 5.74) is 3.00. The second-order valence-corrected chi connectivity index (χ2v) is 7.23. The van der Waals surface area contributed by atoms with E-state index in [9.17, 15) is 8.42 Å². The summed E-state index contributed by atoms with van der Waals surface area (Å²) < 4.78 is 26.4. The van der Waals surface area contributed by atoms with Crippen molar-refractivity contribution in [3.05, 3.63) is 39.6 Å². The van der Waals surface area contributed by atoms with Gasteiger partial charge in [-0.15, -0.1) is 0 Å². The monoisotopic (exact) mass is 371 g/mol. The Hall–Kier alpha value is -1.18. The number of nitrogens with two attached hydrogens (primary N) is 1. The Labute approximate surface area is 133 Å². The molecule has 114 valence electrons. The molecule has 0 spiro atoms. The van der Waals surface area contributed by atoms with Gasteiger partial charge in [0, 0.05) is 4.47 Å². The van der Waals surface area contributed by atoms with E-state index in [2.05, 4.69) is 21.0 Å². The van der Waals surface area contributed by atoms with Crippen LogP contribution in [0.5, 0.6) is 0 Å². The Morgan fingerprint density at radius 2 is 1.95 bits per heavy atom. The first-order valence-electron chi connectivity index (χ1n) is 6.69. The van der Waals surface area contributed by atoms with Gasteiger partial charge in [-0.2, -0.15) is 5.10 Å². The number of benzene rings is 1. The molecule has 1 aromatic carbocycles. The molecule has 0 aliphatic rings. The fraction of sp³-hybridized carbons (Fsp3) is 0.357. The van der Waals surface area contributed by atoms with Crippen molar-refractivity contribution in [2.45, 2.75) is 38.5 Å². The highest BCUT2D eigenvalue weighted by atomic mass is 79.9. The molecule has 0 aliphatic heterocycles. The summed E-state index contributed by atoms with van der Waals surface area (Å²) in [7, 11) is -3.79. The van der Waals surface area contributed by atoms with Gasteiger partial charge in [0.15, 0.2) is 0 Å². The van der Waals surface area contributed by atoms with Crippen molar-refractivity contribution < 1.29 is 8.42 Å². The Morgan fingerprint density at radius 1 is 1.29 bits per heavy atom. The maximum Gasteiger partial charge on any atom is 0.241 e. The molecule has 21 heavy (non-hydrogen) atoms. The second kappa shape index (κ2) is 5.90. The van der Waals surface area contributed by atoms with Gasteiger partial charge in [0.25, 0.3) is 0 Å². The van der Waals surface area contributed by atoms with Crippen LogP contribution in [0.3, 0.4) is 0 Å². The van der Waals surface area contributed by atoms with Gasteiger partial charge in [-0.3, -0.25) is 0 Å². The minimum atomic E-state index is -3.79. The zero-order valence-corrected chi connectivity index (χ0v) is 14.6. The van der Waals surface area contributed by atoms with Crippen LogP contribution >= 0.6 is 15.9 Å². The molecule has 0 amide bonds. The van der Waals surface area contributed by atoms with Gasteiger partial charge in [0.05, 0.1) is 17.1 Å². The van der Waals surface area contributed by atoms with Crippen LogP contribution in [0.4, 0.5) is 0 Å². The molecule has 2 N–H and O–H groups in total. The van der Waals surface area contributed by atoms with Gasteiger partial charge in [-0.25, -0.2) is 18.2 Å². The molecule has 1 aromatic heterocycles. The first-order valence-corrected chi connectivity index (χ1v) is 9.03. The summed E-state index contributed by atoms with van der Waals surface area (Å²) in [6.45, 7) is 5.73. The number of nitrogens with zero attached hydrogens (tertiary/aromatic N) is 2. The average molecular weight is 372 g/mol. The third kappa shape index (κ3) is 3.04. The summed E-state index contributed by atoms with van der Waals surface area (Å²) in [4.78, 5) is 0.162. The van der Waals surface area contributed by atoms with E-state index in [1.807, 2.05) is 39.0 Å². The van der Waals surface area contributed by atoms with Crippen LogP contribution in [0.2, 0.25) is 0 Å². The number of aryl methyl sites for hydroxylation is 2. The van der Waals surface area contributed by atoms with Crippen LogP contribution < -0.4 is 5.14 Å². The van der Waals surface area contributed by atoms with Crippen LogP contribution in [0.15, 0.2) is 27.6 Å². The first-order chi connectivity index (χ1) is 9.79. The van der Waals surface area contributed by atoms with Gasteiger partial charge in [-0.05, 0) is 43.5 Å². The molecular weight excluding hydrogens is 354 g/mol. The van der Waals surface area contributed by atoms with E-state index in [-0.39, 0.29) is 4.90 Å². The van der Waals surface area contributed by atoms with Crippen molar-refractivity contribution in [2.24, 2.45) is 5.14 Å². The van der Waals surface area contributed by atoms with Gasteiger partial charge in [-0.1, -0.05) is 29.8 Å². The molecule has 0 aliphatic carbocycles. The van der Waals surface area contributed by atoms with Crippen LogP contribution in [0.1, 0.15) is 30.8 Å². The molecule has 7 heteroatoms. The lowest BCUT2D eigenvalue weighted by Crippen LogP contribution is -2.16. The largest absolute Gasteiger partial charge is 0.241 e. The quantitative estimate of drug-likeness (QED) is 0.897. The van der Waals surface area contributed by atoms with E-state index in [0.29, 0.717) is 24.2 Å². The molecule has 0 saturated heterocycles. The first kappa shape index (κ1) is 16.2. The lowest BCUT2D eigenvalue weighted by Gasteiger charge is -2.10. The fourth-order valence-corrected chi connectivity index (χ4v) is 3.96. The zero-order chi connectivity index (χ0) is 15.8. The summed E-state index contributed by atoms with van der Waals surface area (Å²) >= 11 is 3.42. The highest BCUT2D eigenvalue weighted by Crippen LogP contribution is 2.26. The predicted molar refractivity (Wildman–Crippen MR) is 86.1 cm³/mol. The lowest BCUT2D eigenvalue weighted by molar-refractivity contribution is 0.595. The second-order valence-electron chi connectivity index (χ2n) is 4.82. The van der Waals surface area contributed by atoms with E-state index in [4.69, 9.17) is 5.14 Å². The van der Waals surface area contributed by atoms with Crippen molar-refractivity contribution in [3.63, 3.8) is 0 Å². The van der Waals surface area contributed by atoms with Crippen LogP contribution in [-0.4, -0.2) is 18.2 Å². The van der Waals surface area contributed by atoms with Crippen molar-refractivity contribution >= 4 is 26.0 Å². The van der Waals surface area contributed by atoms with Crippen molar-refractivity contribution in [1.29, 1.82) is 0 Å². The van der Waals surface area contributed by atoms with Gasteiger partial charge < -0.3 is 0 Å². The lowest BCUT2D eigenvalue weighted by atomic mass is 10.2. The smallest absolute Gasteiger partial charge is 0.236 e. The Balaban J connectivity index is 2.79. The standard InChI is InChI=1S/C14H18BrN3O2S/c1-4-11-14(21(16,19)20)12(5-2)18(17-11)13-7-6-10(15)8-9(13)3/h6-8H,4-5H2,1-3H3,(H2,16,19,20). The normalized spacial score (nSPS) is 11.9. The number of sulfonamides is 1. The molecule has 5 nitrogen and oxygen atoms in total. The zero-order valence-electron chi connectivity index (χ0n) is 12.2. The third-order valence-electron chi connectivity index (χ3n) is 3.34.